The number of nitrogens with zero attached hydrogens (tertiary/aromatic N) is 1. The molecule has 0 saturated heterocycles. The summed E-state index contributed by atoms with van der Waals surface area (Å²) in [5.74, 6) is 4.05. The van der Waals surface area contributed by atoms with E-state index in [1.54, 1.807) is 0 Å². The number of rotatable bonds is 2. The molecule has 1 heterocycles. The van der Waals surface area contributed by atoms with Crippen molar-refractivity contribution in [3.05, 3.63) is 53.6 Å². The molecule has 1 aromatic carbocycles. The van der Waals surface area contributed by atoms with Gasteiger partial charge < -0.3 is 16.2 Å². The van der Waals surface area contributed by atoms with Crippen LogP contribution in [0, 0.1) is 17.7 Å². The van der Waals surface area contributed by atoms with E-state index in [0.29, 0.717) is 5.69 Å². The van der Waals surface area contributed by atoms with Crippen LogP contribution in [0.5, 0.6) is 5.75 Å². The fraction of sp³-hybridized carbons (Fsp3) is 0.0667. The fourth-order valence-corrected chi connectivity index (χ4v) is 1.60. The molecule has 2 rings (SSSR count). The van der Waals surface area contributed by atoms with Gasteiger partial charge in [-0.2, -0.15) is 0 Å². The summed E-state index contributed by atoms with van der Waals surface area (Å²) in [4.78, 5) is 15.7. The lowest BCUT2D eigenvalue weighted by Gasteiger charge is -2.06. The Morgan fingerprint density at radius 3 is 2.90 bits per heavy atom. The number of nitrogens with one attached hydrogen (secondary N) is 1. The van der Waals surface area contributed by atoms with E-state index in [1.165, 1.54) is 36.7 Å². The van der Waals surface area contributed by atoms with Crippen LogP contribution in [-0.4, -0.2) is 22.5 Å². The number of nitrogens with two attached hydrogens (primary N) is 1. The lowest BCUT2D eigenvalue weighted by molar-refractivity contribution is 0.102. The van der Waals surface area contributed by atoms with Crippen LogP contribution in [0.3, 0.4) is 0 Å². The Hall–Kier alpha value is -2.91. The summed E-state index contributed by atoms with van der Waals surface area (Å²) in [6.07, 6.45) is 2.53. The van der Waals surface area contributed by atoms with Crippen molar-refractivity contribution in [2.24, 2.45) is 5.73 Å². The normalized spacial score (nSPS) is 9.62. The Kier molecular flexibility index (Phi) is 4.49. The van der Waals surface area contributed by atoms with Crippen molar-refractivity contribution in [2.45, 2.75) is 0 Å². The highest BCUT2D eigenvalue weighted by Crippen LogP contribution is 2.16. The second-order valence-electron chi connectivity index (χ2n) is 4.09. The SMILES string of the molecule is NCC#Cc1cc(NC(=O)c2cncc(O)c2)ccc1F. The molecule has 0 atom stereocenters. The first-order valence-electron chi connectivity index (χ1n) is 6.04. The summed E-state index contributed by atoms with van der Waals surface area (Å²) in [7, 11) is 0. The lowest BCUT2D eigenvalue weighted by Crippen LogP contribution is -2.12. The van der Waals surface area contributed by atoms with Crippen LogP contribution < -0.4 is 11.1 Å². The van der Waals surface area contributed by atoms with Crippen LogP contribution in [0.25, 0.3) is 0 Å². The minimum atomic E-state index is -0.493. The third-order valence-electron chi connectivity index (χ3n) is 2.54. The quantitative estimate of drug-likeness (QED) is 0.729. The molecule has 0 unspecified atom stereocenters. The van der Waals surface area contributed by atoms with Crippen molar-refractivity contribution in [3.63, 3.8) is 0 Å². The summed E-state index contributed by atoms with van der Waals surface area (Å²) >= 11 is 0. The zero-order chi connectivity index (χ0) is 15.2. The molecule has 0 aliphatic carbocycles. The van der Waals surface area contributed by atoms with Crippen molar-refractivity contribution in [2.75, 3.05) is 11.9 Å². The second-order valence-corrected chi connectivity index (χ2v) is 4.09. The van der Waals surface area contributed by atoms with Gasteiger partial charge in [-0.15, -0.1) is 0 Å². The number of aromatic hydroxyl groups is 1. The van der Waals surface area contributed by atoms with Crippen molar-refractivity contribution in [1.29, 1.82) is 0 Å². The Morgan fingerprint density at radius 1 is 1.38 bits per heavy atom. The number of halogens is 1. The Labute approximate surface area is 120 Å². The number of amides is 1. The topological polar surface area (TPSA) is 88.2 Å². The molecule has 6 heteroatoms. The molecular formula is C15H12FN3O2. The molecule has 0 aliphatic heterocycles. The number of anilines is 1. The molecular weight excluding hydrogens is 273 g/mol. The number of hydrogen-bond donors (Lipinski definition) is 3. The zero-order valence-electron chi connectivity index (χ0n) is 10.9. The van der Waals surface area contributed by atoms with Gasteiger partial charge in [0.25, 0.3) is 5.91 Å². The number of aromatic nitrogens is 1. The molecule has 21 heavy (non-hydrogen) atoms. The summed E-state index contributed by atoms with van der Waals surface area (Å²) in [6, 6.07) is 5.31. The van der Waals surface area contributed by atoms with Crippen LogP contribution in [0.1, 0.15) is 15.9 Å². The van der Waals surface area contributed by atoms with Crippen LogP contribution >= 0.6 is 0 Å². The predicted octanol–water partition coefficient (Wildman–Crippen LogP) is 1.49. The first kappa shape index (κ1) is 14.5. The van der Waals surface area contributed by atoms with E-state index in [0.717, 1.165) is 0 Å². The molecule has 106 valence electrons. The Bertz CT molecular complexity index is 735. The predicted molar refractivity (Wildman–Crippen MR) is 76.2 cm³/mol. The van der Waals surface area contributed by atoms with Crippen LogP contribution in [-0.2, 0) is 0 Å². The van der Waals surface area contributed by atoms with Gasteiger partial charge in [-0.1, -0.05) is 11.8 Å². The summed E-state index contributed by atoms with van der Waals surface area (Å²) in [6.45, 7) is 0.116. The van der Waals surface area contributed by atoms with Crippen molar-refractivity contribution >= 4 is 11.6 Å². The van der Waals surface area contributed by atoms with Crippen molar-refractivity contribution < 1.29 is 14.3 Å². The lowest BCUT2D eigenvalue weighted by atomic mass is 10.1. The summed E-state index contributed by atoms with van der Waals surface area (Å²) < 4.78 is 13.5. The van der Waals surface area contributed by atoms with Crippen molar-refractivity contribution in [3.8, 4) is 17.6 Å². The summed E-state index contributed by atoms with van der Waals surface area (Å²) in [5, 5.41) is 11.9. The van der Waals surface area contributed by atoms with Crippen molar-refractivity contribution in [1.82, 2.24) is 4.98 Å². The van der Waals surface area contributed by atoms with E-state index in [2.05, 4.69) is 22.1 Å². The number of carbonyl (C=O) groups is 1. The van der Waals surface area contributed by atoms with Gasteiger partial charge in [0, 0.05) is 11.9 Å². The van der Waals surface area contributed by atoms with Gasteiger partial charge in [0.05, 0.1) is 23.9 Å². The third kappa shape index (κ3) is 3.78. The first-order valence-corrected chi connectivity index (χ1v) is 6.04. The molecule has 1 aromatic heterocycles. The number of hydrogen-bond acceptors (Lipinski definition) is 4. The van der Waals surface area contributed by atoms with Gasteiger partial charge >= 0.3 is 0 Å². The third-order valence-corrected chi connectivity index (χ3v) is 2.54. The highest BCUT2D eigenvalue weighted by molar-refractivity contribution is 6.04. The van der Waals surface area contributed by atoms with Gasteiger partial charge in [0.15, 0.2) is 0 Å². The Morgan fingerprint density at radius 2 is 2.19 bits per heavy atom. The van der Waals surface area contributed by atoms with Crippen LogP contribution in [0.2, 0.25) is 0 Å². The molecule has 4 N–H and O–H groups in total. The minimum absolute atomic E-state index is 0.115. The molecule has 5 nitrogen and oxygen atoms in total. The van der Waals surface area contributed by atoms with Crippen LogP contribution in [0.15, 0.2) is 36.7 Å². The number of carbonyl (C=O) groups excluding carboxylic acids is 1. The molecule has 0 spiro atoms. The van der Waals surface area contributed by atoms with Gasteiger partial charge in [-0.3, -0.25) is 9.78 Å². The Balaban J connectivity index is 2.21. The van der Waals surface area contributed by atoms with Gasteiger partial charge in [-0.25, -0.2) is 4.39 Å². The average molecular weight is 285 g/mol. The maximum Gasteiger partial charge on any atom is 0.257 e. The van der Waals surface area contributed by atoms with E-state index >= 15 is 0 Å². The average Bonchev–Trinajstić information content (AvgIpc) is 2.47. The highest BCUT2D eigenvalue weighted by atomic mass is 19.1. The molecule has 1 amide bonds. The molecule has 0 saturated carbocycles. The first-order chi connectivity index (χ1) is 10.1. The second kappa shape index (κ2) is 6.50. The maximum absolute atomic E-state index is 13.5. The smallest absolute Gasteiger partial charge is 0.257 e. The molecule has 0 aliphatic rings. The summed E-state index contributed by atoms with van der Waals surface area (Å²) in [5.41, 5.74) is 5.95. The van der Waals surface area contributed by atoms with Gasteiger partial charge in [0.2, 0.25) is 0 Å². The molecule has 0 radical (unpaired) electrons. The number of pyridine rings is 1. The van der Waals surface area contributed by atoms with E-state index < -0.39 is 11.7 Å². The highest BCUT2D eigenvalue weighted by Gasteiger charge is 2.09. The van der Waals surface area contributed by atoms with Gasteiger partial charge in [0.1, 0.15) is 11.6 Å². The standard InChI is InChI=1S/C15H12FN3O2/c16-14-4-3-12(6-10(14)2-1-5-17)19-15(21)11-7-13(20)9-18-8-11/h3-4,6-9,20H,5,17H2,(H,19,21). The molecule has 0 fully saturated rings. The molecule has 0 bridgehead atoms. The van der Waals surface area contributed by atoms with E-state index in [1.807, 2.05) is 0 Å². The monoisotopic (exact) mass is 285 g/mol. The van der Waals surface area contributed by atoms with E-state index in [4.69, 9.17) is 5.73 Å². The largest absolute Gasteiger partial charge is 0.506 e. The van der Waals surface area contributed by atoms with E-state index in [-0.39, 0.29) is 23.4 Å². The fourth-order valence-electron chi connectivity index (χ4n) is 1.60. The van der Waals surface area contributed by atoms with E-state index in [9.17, 15) is 14.3 Å². The maximum atomic E-state index is 13.5. The zero-order valence-corrected chi connectivity index (χ0v) is 10.9. The minimum Gasteiger partial charge on any atom is -0.506 e. The van der Waals surface area contributed by atoms with Crippen LogP contribution in [0.4, 0.5) is 10.1 Å². The molecule has 2 aromatic rings. The number of benzene rings is 1. The van der Waals surface area contributed by atoms with Gasteiger partial charge in [-0.05, 0) is 24.3 Å².